The van der Waals surface area contributed by atoms with Crippen LogP contribution < -0.4 is 0 Å². The summed E-state index contributed by atoms with van der Waals surface area (Å²) in [5, 5.41) is 1.53. The van der Waals surface area contributed by atoms with Crippen molar-refractivity contribution in [2.45, 2.75) is 20.4 Å². The molecule has 2 amide bonds. The molecule has 1 aliphatic rings. The average molecular weight is 504 g/mol. The number of aromatic nitrogens is 1. The summed E-state index contributed by atoms with van der Waals surface area (Å²) in [5.74, 6) is 0.0161. The first-order chi connectivity index (χ1) is 14.3. The van der Waals surface area contributed by atoms with Crippen LogP contribution in [0.15, 0.2) is 58.0 Å². The summed E-state index contributed by atoms with van der Waals surface area (Å²) in [6.45, 7) is 5.10. The van der Waals surface area contributed by atoms with Crippen molar-refractivity contribution in [1.29, 1.82) is 0 Å². The first kappa shape index (κ1) is 21.2. The van der Waals surface area contributed by atoms with Gasteiger partial charge in [0, 0.05) is 45.2 Å². The van der Waals surface area contributed by atoms with Gasteiger partial charge in [0.2, 0.25) is 0 Å². The lowest BCUT2D eigenvalue weighted by atomic mass is 10.1. The summed E-state index contributed by atoms with van der Waals surface area (Å²) in [4.78, 5) is 26.9. The number of carbonyl (C=O) groups is 2. The molecule has 1 aromatic heterocycles. The number of rotatable bonds is 5. The highest BCUT2D eigenvalue weighted by atomic mass is 79.9. The van der Waals surface area contributed by atoms with E-state index in [0.717, 1.165) is 38.3 Å². The molecule has 0 unspecified atom stereocenters. The highest BCUT2D eigenvalue weighted by Gasteiger charge is 2.35. The number of amides is 2. The van der Waals surface area contributed by atoms with Gasteiger partial charge >= 0.3 is 0 Å². The molecule has 0 spiro atoms. The fourth-order valence-electron chi connectivity index (χ4n) is 3.49. The Labute approximate surface area is 193 Å². The van der Waals surface area contributed by atoms with Gasteiger partial charge in [-0.1, -0.05) is 53.5 Å². The minimum absolute atomic E-state index is 0.203. The Kier molecular flexibility index (Phi) is 6.09. The molecule has 0 bridgehead atoms. The molecule has 0 atom stereocenters. The molecular weight excluding hydrogens is 484 g/mol. The zero-order valence-electron chi connectivity index (χ0n) is 16.6. The summed E-state index contributed by atoms with van der Waals surface area (Å²) in [6, 6.07) is 13.9. The van der Waals surface area contributed by atoms with Gasteiger partial charge in [-0.15, -0.1) is 0 Å². The van der Waals surface area contributed by atoms with Crippen LogP contribution in [0.5, 0.6) is 0 Å². The van der Waals surface area contributed by atoms with E-state index in [-0.39, 0.29) is 17.1 Å². The SMILES string of the molecule is CC(C)CN1C(=O)S/C(=C\c2cn(Cc3ccc(Cl)cc3)c3ccc(Br)cc23)C1=O. The normalized spacial score (nSPS) is 15.9. The quantitative estimate of drug-likeness (QED) is 0.360. The molecule has 1 saturated heterocycles. The maximum Gasteiger partial charge on any atom is 0.293 e. The second kappa shape index (κ2) is 8.61. The van der Waals surface area contributed by atoms with Gasteiger partial charge < -0.3 is 4.57 Å². The summed E-state index contributed by atoms with van der Waals surface area (Å²) in [5.41, 5.74) is 3.10. The number of thioether (sulfide) groups is 1. The van der Waals surface area contributed by atoms with Gasteiger partial charge in [0.25, 0.3) is 11.1 Å². The van der Waals surface area contributed by atoms with Crippen LogP contribution in [0.2, 0.25) is 5.02 Å². The summed E-state index contributed by atoms with van der Waals surface area (Å²) in [7, 11) is 0. The van der Waals surface area contributed by atoms with Crippen LogP contribution in [0.1, 0.15) is 25.0 Å². The molecule has 1 fully saturated rings. The number of fused-ring (bicyclic) bond motifs is 1. The van der Waals surface area contributed by atoms with Gasteiger partial charge in [0.15, 0.2) is 0 Å². The zero-order chi connectivity index (χ0) is 21.4. The van der Waals surface area contributed by atoms with Crippen LogP contribution in [0.25, 0.3) is 17.0 Å². The number of imide groups is 1. The molecule has 0 saturated carbocycles. The number of halogens is 2. The van der Waals surface area contributed by atoms with Gasteiger partial charge in [-0.25, -0.2) is 0 Å². The molecule has 2 heterocycles. The predicted octanol–water partition coefficient (Wildman–Crippen LogP) is 6.80. The molecule has 1 aliphatic heterocycles. The van der Waals surface area contributed by atoms with Crippen molar-refractivity contribution in [2.75, 3.05) is 6.54 Å². The molecular formula is C23H20BrClN2O2S. The van der Waals surface area contributed by atoms with Gasteiger partial charge in [-0.2, -0.15) is 0 Å². The van der Waals surface area contributed by atoms with E-state index >= 15 is 0 Å². The minimum atomic E-state index is -0.215. The lowest BCUT2D eigenvalue weighted by molar-refractivity contribution is -0.123. The Morgan fingerprint density at radius 2 is 1.87 bits per heavy atom. The van der Waals surface area contributed by atoms with Crippen molar-refractivity contribution in [1.82, 2.24) is 9.47 Å². The number of benzene rings is 2. The Hall–Kier alpha value is -2.02. The fraction of sp³-hybridized carbons (Fsp3) is 0.217. The first-order valence-electron chi connectivity index (χ1n) is 9.60. The predicted molar refractivity (Wildman–Crippen MR) is 128 cm³/mol. The number of hydrogen-bond donors (Lipinski definition) is 0. The van der Waals surface area contributed by atoms with Gasteiger partial charge in [0.05, 0.1) is 4.91 Å². The van der Waals surface area contributed by atoms with Crippen LogP contribution in [0.4, 0.5) is 4.79 Å². The van der Waals surface area contributed by atoms with Gasteiger partial charge in [-0.05, 0) is 59.7 Å². The monoisotopic (exact) mass is 502 g/mol. The second-order valence-electron chi connectivity index (χ2n) is 7.69. The maximum absolute atomic E-state index is 12.8. The maximum atomic E-state index is 12.8. The lowest BCUT2D eigenvalue weighted by Crippen LogP contribution is -2.31. The molecule has 0 N–H and O–H groups in total. The van der Waals surface area contributed by atoms with Crippen molar-refractivity contribution < 1.29 is 9.59 Å². The van der Waals surface area contributed by atoms with Crippen LogP contribution in [0, 0.1) is 5.92 Å². The standard InChI is InChI=1S/C23H20BrClN2O2S/c1-14(2)11-27-22(28)21(30-23(27)29)9-16-13-26(12-15-3-6-18(25)7-4-15)20-8-5-17(24)10-19(16)20/h3-10,13-14H,11-12H2,1-2H3/b21-9-. The van der Waals surface area contributed by atoms with Gasteiger partial charge in [0.1, 0.15) is 0 Å². The van der Waals surface area contributed by atoms with E-state index in [1.54, 1.807) is 0 Å². The topological polar surface area (TPSA) is 42.3 Å². The summed E-state index contributed by atoms with van der Waals surface area (Å²) in [6.07, 6.45) is 3.86. The van der Waals surface area contributed by atoms with Crippen LogP contribution in [-0.4, -0.2) is 27.2 Å². The fourth-order valence-corrected chi connectivity index (χ4v) is 4.82. The van der Waals surface area contributed by atoms with Crippen molar-refractivity contribution in [3.05, 3.63) is 74.2 Å². The van der Waals surface area contributed by atoms with E-state index in [1.807, 2.05) is 62.5 Å². The average Bonchev–Trinajstić information content (AvgIpc) is 3.15. The molecule has 4 rings (SSSR count). The molecule has 3 aromatic rings. The molecule has 30 heavy (non-hydrogen) atoms. The van der Waals surface area contributed by atoms with E-state index < -0.39 is 0 Å². The van der Waals surface area contributed by atoms with Gasteiger partial charge in [-0.3, -0.25) is 14.5 Å². The van der Waals surface area contributed by atoms with Crippen molar-refractivity contribution >= 4 is 67.4 Å². The number of hydrogen-bond acceptors (Lipinski definition) is 3. The zero-order valence-corrected chi connectivity index (χ0v) is 19.7. The third kappa shape index (κ3) is 4.36. The highest BCUT2D eigenvalue weighted by Crippen LogP contribution is 2.35. The van der Waals surface area contributed by atoms with E-state index in [2.05, 4.69) is 26.6 Å². The molecule has 2 aromatic carbocycles. The third-order valence-electron chi connectivity index (χ3n) is 4.85. The largest absolute Gasteiger partial charge is 0.342 e. The number of carbonyl (C=O) groups excluding carboxylic acids is 2. The molecule has 0 aliphatic carbocycles. The van der Waals surface area contributed by atoms with Crippen LogP contribution in [-0.2, 0) is 11.3 Å². The Bertz CT molecular complexity index is 1170. The van der Waals surface area contributed by atoms with Crippen molar-refractivity contribution in [3.8, 4) is 0 Å². The molecule has 7 heteroatoms. The van der Waals surface area contributed by atoms with Crippen LogP contribution >= 0.6 is 39.3 Å². The smallest absolute Gasteiger partial charge is 0.293 e. The van der Waals surface area contributed by atoms with Crippen molar-refractivity contribution in [3.63, 3.8) is 0 Å². The third-order valence-corrected chi connectivity index (χ3v) is 6.50. The summed E-state index contributed by atoms with van der Waals surface area (Å²) >= 11 is 10.6. The Balaban J connectivity index is 1.73. The number of nitrogens with zero attached hydrogens (tertiary/aromatic N) is 2. The van der Waals surface area contributed by atoms with E-state index in [9.17, 15) is 9.59 Å². The van der Waals surface area contributed by atoms with E-state index in [1.165, 1.54) is 4.90 Å². The first-order valence-corrected chi connectivity index (χ1v) is 11.6. The van der Waals surface area contributed by atoms with Crippen molar-refractivity contribution in [2.24, 2.45) is 5.92 Å². The van der Waals surface area contributed by atoms with Crippen LogP contribution in [0.3, 0.4) is 0 Å². The molecule has 4 nitrogen and oxygen atoms in total. The molecule has 154 valence electrons. The Morgan fingerprint density at radius 3 is 2.57 bits per heavy atom. The summed E-state index contributed by atoms with van der Waals surface area (Å²) < 4.78 is 3.11. The lowest BCUT2D eigenvalue weighted by Gasteiger charge is -2.14. The second-order valence-corrected chi connectivity index (χ2v) is 10.0. The van der Waals surface area contributed by atoms with E-state index in [0.29, 0.717) is 23.0 Å². The highest BCUT2D eigenvalue weighted by molar-refractivity contribution is 9.10. The Morgan fingerprint density at radius 1 is 1.13 bits per heavy atom. The minimum Gasteiger partial charge on any atom is -0.342 e. The van der Waals surface area contributed by atoms with E-state index in [4.69, 9.17) is 11.6 Å². The molecule has 0 radical (unpaired) electrons.